The van der Waals surface area contributed by atoms with E-state index in [9.17, 15) is 0 Å². The highest BCUT2D eigenvalue weighted by Gasteiger charge is 2.47. The SMILES string of the molecule is CN=Cc1c(N)cccc1C(N)c1cccc(C)c1Nc1ccc(N2CC3(CNC3)C2)nc1. The van der Waals surface area contributed by atoms with Crippen molar-refractivity contribution < 1.29 is 0 Å². The zero-order valence-corrected chi connectivity index (χ0v) is 19.2. The maximum absolute atomic E-state index is 6.79. The smallest absolute Gasteiger partial charge is 0.128 e. The normalized spacial score (nSPS) is 17.6. The van der Waals surface area contributed by atoms with Gasteiger partial charge in [0, 0.05) is 61.8 Å². The number of aliphatic imine (C=N–C) groups is 1. The third-order valence-corrected chi connectivity index (χ3v) is 6.80. The van der Waals surface area contributed by atoms with Crippen molar-refractivity contribution in [2.75, 3.05) is 49.2 Å². The zero-order valence-electron chi connectivity index (χ0n) is 19.2. The van der Waals surface area contributed by atoms with Gasteiger partial charge in [-0.15, -0.1) is 0 Å². The second kappa shape index (κ2) is 8.50. The van der Waals surface area contributed by atoms with E-state index in [1.54, 1.807) is 13.3 Å². The minimum atomic E-state index is -0.357. The van der Waals surface area contributed by atoms with Gasteiger partial charge in [-0.05, 0) is 41.8 Å². The molecule has 1 atom stereocenters. The summed E-state index contributed by atoms with van der Waals surface area (Å²) in [5, 5.41) is 6.94. The van der Waals surface area contributed by atoms with Crippen molar-refractivity contribution in [2.24, 2.45) is 16.1 Å². The van der Waals surface area contributed by atoms with Gasteiger partial charge in [0.2, 0.25) is 0 Å². The number of nitrogens with zero attached hydrogens (tertiary/aromatic N) is 3. The molecular weight excluding hydrogens is 410 g/mol. The third kappa shape index (κ3) is 3.94. The lowest BCUT2D eigenvalue weighted by molar-refractivity contribution is 0.120. The molecule has 2 fully saturated rings. The Bertz CT molecular complexity index is 1170. The van der Waals surface area contributed by atoms with E-state index >= 15 is 0 Å². The molecule has 33 heavy (non-hydrogen) atoms. The summed E-state index contributed by atoms with van der Waals surface area (Å²) in [6.45, 7) is 6.50. The van der Waals surface area contributed by atoms with Gasteiger partial charge < -0.3 is 27.0 Å². The van der Waals surface area contributed by atoms with Crippen LogP contribution in [-0.4, -0.2) is 44.4 Å². The Morgan fingerprint density at radius 2 is 1.88 bits per heavy atom. The summed E-state index contributed by atoms with van der Waals surface area (Å²) >= 11 is 0. The van der Waals surface area contributed by atoms with Crippen molar-refractivity contribution in [3.8, 4) is 0 Å². The number of para-hydroxylation sites is 1. The number of hydrogen-bond acceptors (Lipinski definition) is 7. The van der Waals surface area contributed by atoms with Gasteiger partial charge in [0.05, 0.1) is 17.9 Å². The summed E-state index contributed by atoms with van der Waals surface area (Å²) in [5.74, 6) is 1.03. The Labute approximate surface area is 194 Å². The lowest BCUT2D eigenvalue weighted by Crippen LogP contribution is -2.71. The Morgan fingerprint density at radius 3 is 2.55 bits per heavy atom. The Kier molecular flexibility index (Phi) is 5.52. The second-order valence-electron chi connectivity index (χ2n) is 9.24. The molecule has 170 valence electrons. The van der Waals surface area contributed by atoms with Crippen LogP contribution in [0.15, 0.2) is 59.7 Å². The van der Waals surface area contributed by atoms with E-state index in [4.69, 9.17) is 16.5 Å². The van der Waals surface area contributed by atoms with Gasteiger partial charge >= 0.3 is 0 Å². The van der Waals surface area contributed by atoms with Gasteiger partial charge in [-0.25, -0.2) is 4.98 Å². The zero-order chi connectivity index (χ0) is 23.0. The van der Waals surface area contributed by atoms with Crippen LogP contribution in [0.3, 0.4) is 0 Å². The van der Waals surface area contributed by atoms with E-state index in [1.165, 1.54) is 0 Å². The number of anilines is 4. The van der Waals surface area contributed by atoms with Gasteiger partial charge in [-0.3, -0.25) is 4.99 Å². The first-order valence-corrected chi connectivity index (χ1v) is 11.3. The molecule has 1 aromatic heterocycles. The molecule has 2 saturated heterocycles. The molecule has 0 bridgehead atoms. The Balaban J connectivity index is 1.39. The molecule has 2 aliphatic heterocycles. The monoisotopic (exact) mass is 441 g/mol. The van der Waals surface area contributed by atoms with Gasteiger partial charge in [-0.1, -0.05) is 30.3 Å². The maximum atomic E-state index is 6.79. The van der Waals surface area contributed by atoms with Crippen molar-refractivity contribution in [3.63, 3.8) is 0 Å². The predicted octanol–water partition coefficient (Wildman–Crippen LogP) is 3.22. The molecule has 6 N–H and O–H groups in total. The summed E-state index contributed by atoms with van der Waals surface area (Å²) in [6, 6.07) is 15.8. The highest BCUT2D eigenvalue weighted by molar-refractivity contribution is 5.89. The second-order valence-corrected chi connectivity index (χ2v) is 9.24. The van der Waals surface area contributed by atoms with Gasteiger partial charge in [0.15, 0.2) is 0 Å². The molecule has 1 unspecified atom stereocenters. The van der Waals surface area contributed by atoms with E-state index in [1.807, 2.05) is 30.5 Å². The molecule has 3 heterocycles. The summed E-state index contributed by atoms with van der Waals surface area (Å²) in [4.78, 5) is 11.2. The molecule has 7 nitrogen and oxygen atoms in total. The van der Waals surface area contributed by atoms with Crippen molar-refractivity contribution in [3.05, 3.63) is 77.0 Å². The van der Waals surface area contributed by atoms with Crippen LogP contribution in [0.1, 0.15) is 28.3 Å². The van der Waals surface area contributed by atoms with Crippen LogP contribution in [-0.2, 0) is 0 Å². The quantitative estimate of drug-likeness (QED) is 0.346. The number of nitrogen functional groups attached to an aromatic ring is 1. The fourth-order valence-corrected chi connectivity index (χ4v) is 4.86. The topological polar surface area (TPSA) is 105 Å². The van der Waals surface area contributed by atoms with E-state index in [2.05, 4.69) is 51.7 Å². The minimum Gasteiger partial charge on any atom is -0.398 e. The van der Waals surface area contributed by atoms with Gasteiger partial charge in [0.25, 0.3) is 0 Å². The van der Waals surface area contributed by atoms with Crippen LogP contribution >= 0.6 is 0 Å². The third-order valence-electron chi connectivity index (χ3n) is 6.80. The lowest BCUT2D eigenvalue weighted by Gasteiger charge is -2.56. The Morgan fingerprint density at radius 1 is 1.12 bits per heavy atom. The predicted molar refractivity (Wildman–Crippen MR) is 137 cm³/mol. The van der Waals surface area contributed by atoms with Crippen molar-refractivity contribution in [1.82, 2.24) is 10.3 Å². The fourth-order valence-electron chi connectivity index (χ4n) is 4.86. The molecule has 7 heteroatoms. The minimum absolute atomic E-state index is 0.357. The Hall–Kier alpha value is -3.42. The van der Waals surface area contributed by atoms with E-state index in [0.29, 0.717) is 11.1 Å². The molecule has 2 aromatic carbocycles. The van der Waals surface area contributed by atoms with Crippen LogP contribution < -0.4 is 27.0 Å². The fraction of sp³-hybridized carbons (Fsp3) is 0.308. The van der Waals surface area contributed by atoms with E-state index < -0.39 is 0 Å². The maximum Gasteiger partial charge on any atom is 0.128 e. The molecule has 0 aliphatic carbocycles. The van der Waals surface area contributed by atoms with Crippen LogP contribution in [0, 0.1) is 12.3 Å². The number of aryl methyl sites for hydroxylation is 1. The molecule has 3 aromatic rings. The average Bonchev–Trinajstić information content (AvgIpc) is 2.75. The number of nitrogens with one attached hydrogen (secondary N) is 2. The van der Waals surface area contributed by atoms with Crippen molar-refractivity contribution >= 4 is 29.1 Å². The molecule has 1 spiro atoms. The van der Waals surface area contributed by atoms with Crippen LogP contribution in [0.5, 0.6) is 0 Å². The number of rotatable bonds is 6. The van der Waals surface area contributed by atoms with Crippen LogP contribution in [0.4, 0.5) is 22.9 Å². The van der Waals surface area contributed by atoms with Gasteiger partial charge in [-0.2, -0.15) is 0 Å². The summed E-state index contributed by atoms with van der Waals surface area (Å²) in [5.41, 5.74) is 20.0. The van der Waals surface area contributed by atoms with Gasteiger partial charge in [0.1, 0.15) is 5.82 Å². The van der Waals surface area contributed by atoms with Crippen LogP contribution in [0.2, 0.25) is 0 Å². The lowest BCUT2D eigenvalue weighted by atomic mass is 9.74. The molecular formula is C26H31N7. The first kappa shape index (κ1) is 21.4. The number of aromatic nitrogens is 1. The highest BCUT2D eigenvalue weighted by atomic mass is 15.3. The molecule has 0 amide bonds. The number of hydrogen-bond donors (Lipinski definition) is 4. The van der Waals surface area contributed by atoms with E-state index in [-0.39, 0.29) is 6.04 Å². The first-order valence-electron chi connectivity index (χ1n) is 11.3. The first-order chi connectivity index (χ1) is 16.0. The number of nitrogens with two attached hydrogens (primary N) is 2. The molecule has 2 aliphatic rings. The number of pyridine rings is 1. The van der Waals surface area contributed by atoms with Crippen molar-refractivity contribution in [1.29, 1.82) is 0 Å². The summed E-state index contributed by atoms with van der Waals surface area (Å²) in [7, 11) is 1.74. The largest absolute Gasteiger partial charge is 0.398 e. The van der Waals surface area contributed by atoms with Crippen LogP contribution in [0.25, 0.3) is 0 Å². The van der Waals surface area contributed by atoms with E-state index in [0.717, 1.165) is 65.6 Å². The standard InChI is InChI=1S/C26H31N7/c1-17-5-3-7-20(24(28)19-6-4-8-22(27)21(19)12-29-2)25(17)32-18-9-10-23(31-11-18)33-15-26(16-33)13-30-14-26/h3-12,24,30,32H,13-16,27-28H2,1-2H3. The molecule has 5 rings (SSSR count). The summed E-state index contributed by atoms with van der Waals surface area (Å²) < 4.78 is 0. The average molecular weight is 442 g/mol. The molecule has 0 saturated carbocycles. The number of benzene rings is 2. The highest BCUT2D eigenvalue weighted by Crippen LogP contribution is 2.37. The molecule has 0 radical (unpaired) electrons. The summed E-state index contributed by atoms with van der Waals surface area (Å²) in [6.07, 6.45) is 3.67. The van der Waals surface area contributed by atoms with Crippen molar-refractivity contribution in [2.45, 2.75) is 13.0 Å².